The van der Waals surface area contributed by atoms with Crippen molar-refractivity contribution in [1.29, 1.82) is 0 Å². The van der Waals surface area contributed by atoms with Crippen LogP contribution in [0, 0.1) is 0 Å². The van der Waals surface area contributed by atoms with Crippen LogP contribution in [0.4, 0.5) is 0 Å². The van der Waals surface area contributed by atoms with E-state index in [4.69, 9.17) is 9.52 Å². The molecule has 3 aromatic rings. The Hall–Kier alpha value is -1.99. The molecule has 0 saturated carbocycles. The summed E-state index contributed by atoms with van der Waals surface area (Å²) in [4.78, 5) is 15.1. The van der Waals surface area contributed by atoms with Gasteiger partial charge in [0.25, 0.3) is 0 Å². The lowest BCUT2D eigenvalue weighted by Crippen LogP contribution is -1.95. The number of aromatic carboxylic acids is 1. The maximum Gasteiger partial charge on any atom is 0.371 e. The summed E-state index contributed by atoms with van der Waals surface area (Å²) < 4.78 is 18.2. The lowest BCUT2D eigenvalue weighted by atomic mass is 10.3. The van der Waals surface area contributed by atoms with E-state index in [1.165, 1.54) is 23.5 Å². The molecule has 0 aliphatic carbocycles. The number of rotatable bonds is 4. The number of furan rings is 1. The largest absolute Gasteiger partial charge is 0.475 e. The molecule has 5 nitrogen and oxygen atoms in total. The minimum Gasteiger partial charge on any atom is -0.475 e. The molecule has 20 heavy (non-hydrogen) atoms. The van der Waals surface area contributed by atoms with Crippen molar-refractivity contribution in [1.82, 2.24) is 4.98 Å². The van der Waals surface area contributed by atoms with E-state index in [0.717, 1.165) is 15.2 Å². The highest BCUT2D eigenvalue weighted by atomic mass is 32.2. The van der Waals surface area contributed by atoms with Crippen molar-refractivity contribution >= 4 is 38.3 Å². The van der Waals surface area contributed by atoms with Gasteiger partial charge in [0.05, 0.1) is 26.8 Å². The summed E-state index contributed by atoms with van der Waals surface area (Å²) in [5.74, 6) is -1.17. The normalized spacial score (nSPS) is 12.6. The van der Waals surface area contributed by atoms with E-state index in [1.807, 2.05) is 24.3 Å². The van der Waals surface area contributed by atoms with Crippen molar-refractivity contribution in [2.24, 2.45) is 0 Å². The monoisotopic (exact) mass is 307 g/mol. The quantitative estimate of drug-likeness (QED) is 0.801. The van der Waals surface area contributed by atoms with Gasteiger partial charge < -0.3 is 9.52 Å². The lowest BCUT2D eigenvalue weighted by molar-refractivity contribution is 0.0656. The predicted molar refractivity (Wildman–Crippen MR) is 75.4 cm³/mol. The summed E-state index contributed by atoms with van der Waals surface area (Å²) in [5.41, 5.74) is 0.871. The molecular weight excluding hydrogens is 298 g/mol. The van der Waals surface area contributed by atoms with Crippen molar-refractivity contribution in [2.75, 3.05) is 0 Å². The zero-order chi connectivity index (χ0) is 14.1. The van der Waals surface area contributed by atoms with Gasteiger partial charge in [0.15, 0.2) is 5.09 Å². The predicted octanol–water partition coefficient (Wildman–Crippen LogP) is 2.90. The van der Waals surface area contributed by atoms with Gasteiger partial charge >= 0.3 is 5.97 Å². The molecule has 1 aromatic carbocycles. The van der Waals surface area contributed by atoms with Gasteiger partial charge in [-0.3, -0.25) is 4.21 Å². The molecule has 1 N–H and O–H groups in total. The molecule has 2 heterocycles. The molecule has 1 unspecified atom stereocenters. The van der Waals surface area contributed by atoms with Gasteiger partial charge in [0.2, 0.25) is 5.76 Å². The molecule has 0 bridgehead atoms. The maximum absolute atomic E-state index is 12.1. The minimum atomic E-state index is -1.44. The van der Waals surface area contributed by atoms with Gasteiger partial charge in [-0.05, 0) is 24.3 Å². The third kappa shape index (κ3) is 2.50. The van der Waals surface area contributed by atoms with Gasteiger partial charge in [-0.25, -0.2) is 9.78 Å². The Morgan fingerprint density at radius 1 is 1.30 bits per heavy atom. The van der Waals surface area contributed by atoms with Crippen LogP contribution < -0.4 is 0 Å². The number of carbonyl (C=O) groups is 1. The molecule has 2 aromatic heterocycles. The average molecular weight is 307 g/mol. The number of carboxylic acids is 1. The molecule has 0 aliphatic rings. The molecule has 0 fully saturated rings. The second kappa shape index (κ2) is 5.18. The fraction of sp³-hybridized carbons (Fsp3) is 0.0769. The van der Waals surface area contributed by atoms with E-state index >= 15 is 0 Å². The molecule has 0 amide bonds. The number of benzene rings is 1. The van der Waals surface area contributed by atoms with Gasteiger partial charge in [0, 0.05) is 0 Å². The zero-order valence-electron chi connectivity index (χ0n) is 10.1. The Balaban J connectivity index is 1.82. The third-order valence-corrected chi connectivity index (χ3v) is 5.03. The first-order valence-corrected chi connectivity index (χ1v) is 7.83. The molecule has 7 heteroatoms. The van der Waals surface area contributed by atoms with E-state index in [2.05, 4.69) is 4.98 Å². The molecule has 0 aliphatic heterocycles. The summed E-state index contributed by atoms with van der Waals surface area (Å²) in [5, 5.41) is 9.65. The molecule has 102 valence electrons. The number of hydrogen-bond acceptors (Lipinski definition) is 5. The number of nitrogens with zero attached hydrogens (tertiary/aromatic N) is 1. The van der Waals surface area contributed by atoms with Crippen molar-refractivity contribution in [2.45, 2.75) is 10.8 Å². The third-order valence-electron chi connectivity index (χ3n) is 2.61. The highest BCUT2D eigenvalue weighted by Gasteiger charge is 2.15. The maximum atomic E-state index is 12.1. The lowest BCUT2D eigenvalue weighted by Gasteiger charge is -1.94. The summed E-state index contributed by atoms with van der Waals surface area (Å²) in [7, 11) is -1.44. The summed E-state index contributed by atoms with van der Waals surface area (Å²) in [6, 6.07) is 10.4. The number of para-hydroxylation sites is 1. The van der Waals surface area contributed by atoms with Crippen LogP contribution >= 0.6 is 11.3 Å². The average Bonchev–Trinajstić information content (AvgIpc) is 3.04. The molecule has 0 spiro atoms. The van der Waals surface area contributed by atoms with Crippen molar-refractivity contribution in [3.63, 3.8) is 0 Å². The fourth-order valence-electron chi connectivity index (χ4n) is 1.72. The minimum absolute atomic E-state index is 0.154. The smallest absolute Gasteiger partial charge is 0.371 e. The van der Waals surface area contributed by atoms with Crippen molar-refractivity contribution < 1.29 is 18.5 Å². The van der Waals surface area contributed by atoms with E-state index in [1.54, 1.807) is 0 Å². The van der Waals surface area contributed by atoms with Crippen molar-refractivity contribution in [3.05, 3.63) is 47.2 Å². The van der Waals surface area contributed by atoms with Crippen LogP contribution in [-0.4, -0.2) is 20.3 Å². The summed E-state index contributed by atoms with van der Waals surface area (Å²) in [6.07, 6.45) is 0. The first kappa shape index (κ1) is 13.0. The van der Waals surface area contributed by atoms with Crippen LogP contribution in [-0.2, 0) is 16.6 Å². The van der Waals surface area contributed by atoms with Crippen LogP contribution in [0.3, 0.4) is 0 Å². The Labute approximate surface area is 120 Å². The highest BCUT2D eigenvalue weighted by Crippen LogP contribution is 2.24. The Morgan fingerprint density at radius 3 is 2.80 bits per heavy atom. The van der Waals surface area contributed by atoms with Crippen LogP contribution in [0.2, 0.25) is 0 Å². The van der Waals surface area contributed by atoms with Gasteiger partial charge in [0.1, 0.15) is 5.01 Å². The van der Waals surface area contributed by atoms with Crippen LogP contribution in [0.1, 0.15) is 15.6 Å². The van der Waals surface area contributed by atoms with E-state index < -0.39 is 16.8 Å². The molecule has 1 atom stereocenters. The first-order valence-electron chi connectivity index (χ1n) is 5.69. The molecule has 0 radical (unpaired) electrons. The highest BCUT2D eigenvalue weighted by molar-refractivity contribution is 7.84. The van der Waals surface area contributed by atoms with E-state index in [-0.39, 0.29) is 16.6 Å². The van der Waals surface area contributed by atoms with Crippen LogP contribution in [0.5, 0.6) is 0 Å². The Kier molecular flexibility index (Phi) is 3.37. The number of carboxylic acid groups (broad SMARTS) is 1. The Morgan fingerprint density at radius 2 is 2.10 bits per heavy atom. The number of hydrogen-bond donors (Lipinski definition) is 1. The van der Waals surface area contributed by atoms with E-state index in [0.29, 0.717) is 0 Å². The van der Waals surface area contributed by atoms with E-state index in [9.17, 15) is 9.00 Å². The number of fused-ring (bicyclic) bond motifs is 1. The second-order valence-electron chi connectivity index (χ2n) is 3.99. The van der Waals surface area contributed by atoms with Crippen LogP contribution in [0.25, 0.3) is 10.2 Å². The number of thiazole rings is 1. The van der Waals surface area contributed by atoms with Gasteiger partial charge in [-0.15, -0.1) is 11.3 Å². The zero-order valence-corrected chi connectivity index (χ0v) is 11.7. The van der Waals surface area contributed by atoms with Crippen molar-refractivity contribution in [3.8, 4) is 0 Å². The fourth-order valence-corrected chi connectivity index (χ4v) is 3.88. The topological polar surface area (TPSA) is 80.4 Å². The second-order valence-corrected chi connectivity index (χ2v) is 6.49. The molecule has 0 saturated heterocycles. The van der Waals surface area contributed by atoms with Gasteiger partial charge in [-0.1, -0.05) is 12.1 Å². The SMILES string of the molecule is O=C(O)c1ccc(S(=O)Cc2nc3ccccc3s2)o1. The molecule has 3 rings (SSSR count). The van der Waals surface area contributed by atoms with Gasteiger partial charge in [-0.2, -0.15) is 0 Å². The Bertz CT molecular complexity index is 772. The number of aromatic nitrogens is 1. The summed E-state index contributed by atoms with van der Waals surface area (Å²) in [6.45, 7) is 0. The van der Waals surface area contributed by atoms with Crippen LogP contribution in [0.15, 0.2) is 45.9 Å². The summed E-state index contributed by atoms with van der Waals surface area (Å²) >= 11 is 1.47. The standard InChI is InChI=1S/C13H9NO4S2/c15-13(16)9-5-6-12(18-9)20(17)7-11-14-8-3-1-2-4-10(8)19-11/h1-6H,7H2,(H,15,16). The molecular formula is C13H9NO4S2. The first-order chi connectivity index (χ1) is 9.63.